The van der Waals surface area contributed by atoms with Gasteiger partial charge in [-0.1, -0.05) is 40.5 Å². The van der Waals surface area contributed by atoms with Crippen LogP contribution in [0.3, 0.4) is 0 Å². The number of carbonyl (C=O) groups excluding carboxylic acids is 1. The first-order chi connectivity index (χ1) is 7.99. The summed E-state index contributed by atoms with van der Waals surface area (Å²) in [5, 5.41) is 3.04. The largest absolute Gasteiger partial charge is 0.352 e. The summed E-state index contributed by atoms with van der Waals surface area (Å²) in [5.74, 6) is 1.27. The van der Waals surface area contributed by atoms with Crippen LogP contribution in [-0.2, 0) is 4.79 Å². The minimum absolute atomic E-state index is 0. The van der Waals surface area contributed by atoms with Crippen molar-refractivity contribution in [2.24, 2.45) is 17.6 Å². The van der Waals surface area contributed by atoms with Crippen LogP contribution in [0, 0.1) is 11.8 Å². The molecule has 0 saturated carbocycles. The van der Waals surface area contributed by atoms with Gasteiger partial charge in [-0.05, 0) is 24.7 Å². The lowest BCUT2D eigenvalue weighted by atomic mass is 9.95. The van der Waals surface area contributed by atoms with Crippen LogP contribution in [-0.4, -0.2) is 18.5 Å². The maximum absolute atomic E-state index is 11.8. The van der Waals surface area contributed by atoms with E-state index in [-0.39, 0.29) is 24.4 Å². The predicted molar refractivity (Wildman–Crippen MR) is 81.0 cm³/mol. The van der Waals surface area contributed by atoms with Crippen LogP contribution >= 0.6 is 12.4 Å². The zero-order chi connectivity index (χ0) is 13.3. The summed E-state index contributed by atoms with van der Waals surface area (Å²) in [4.78, 5) is 11.8. The number of nitrogens with one attached hydrogen (secondary N) is 1. The number of hydrogen-bond donors (Lipinski definition) is 2. The van der Waals surface area contributed by atoms with Gasteiger partial charge in [0.05, 0.1) is 0 Å². The Balaban J connectivity index is 0. The molecular formula is C14H31ClN2O. The Labute approximate surface area is 119 Å². The van der Waals surface area contributed by atoms with Gasteiger partial charge in [-0.15, -0.1) is 12.4 Å². The van der Waals surface area contributed by atoms with E-state index in [9.17, 15) is 4.79 Å². The molecule has 3 N–H and O–H groups in total. The number of amides is 1. The number of hydrogen-bond acceptors (Lipinski definition) is 2. The zero-order valence-corrected chi connectivity index (χ0v) is 13.2. The van der Waals surface area contributed by atoms with E-state index in [2.05, 4.69) is 33.0 Å². The van der Waals surface area contributed by atoms with Crippen LogP contribution in [0.2, 0.25) is 0 Å². The normalized spacial score (nSPS) is 13.9. The molecule has 0 aliphatic carbocycles. The van der Waals surface area contributed by atoms with Crippen molar-refractivity contribution >= 4 is 18.3 Å². The lowest BCUT2D eigenvalue weighted by Gasteiger charge is -2.19. The molecule has 1 amide bonds. The van der Waals surface area contributed by atoms with Crippen molar-refractivity contribution in [3.05, 3.63) is 0 Å². The van der Waals surface area contributed by atoms with E-state index in [1.807, 2.05) is 0 Å². The molecule has 2 unspecified atom stereocenters. The molecule has 0 aliphatic rings. The maximum atomic E-state index is 11.8. The molecule has 0 aliphatic heterocycles. The van der Waals surface area contributed by atoms with Crippen molar-refractivity contribution in [3.8, 4) is 0 Å². The Morgan fingerprint density at radius 2 is 1.89 bits per heavy atom. The highest BCUT2D eigenvalue weighted by Gasteiger charge is 2.14. The van der Waals surface area contributed by atoms with E-state index < -0.39 is 0 Å². The van der Waals surface area contributed by atoms with Gasteiger partial charge < -0.3 is 11.1 Å². The van der Waals surface area contributed by atoms with Crippen molar-refractivity contribution in [2.75, 3.05) is 6.54 Å². The van der Waals surface area contributed by atoms with E-state index in [0.717, 1.165) is 25.7 Å². The smallest absolute Gasteiger partial charge is 0.220 e. The summed E-state index contributed by atoms with van der Waals surface area (Å²) in [6.45, 7) is 9.23. The van der Waals surface area contributed by atoms with Gasteiger partial charge in [0.25, 0.3) is 0 Å². The third-order valence-electron chi connectivity index (χ3n) is 2.96. The summed E-state index contributed by atoms with van der Waals surface area (Å²) in [6, 6.07) is 0.161. The van der Waals surface area contributed by atoms with Crippen molar-refractivity contribution in [3.63, 3.8) is 0 Å². The number of unbranched alkanes of at least 4 members (excludes halogenated alkanes) is 1. The molecular weight excluding hydrogens is 248 g/mol. The van der Waals surface area contributed by atoms with Crippen LogP contribution in [0.25, 0.3) is 0 Å². The van der Waals surface area contributed by atoms with Gasteiger partial charge in [0.1, 0.15) is 0 Å². The van der Waals surface area contributed by atoms with Crippen molar-refractivity contribution in [1.82, 2.24) is 5.32 Å². The van der Waals surface area contributed by atoms with E-state index in [1.54, 1.807) is 0 Å². The minimum atomic E-state index is 0. The number of carbonyl (C=O) groups is 1. The summed E-state index contributed by atoms with van der Waals surface area (Å²) >= 11 is 0. The van der Waals surface area contributed by atoms with Gasteiger partial charge >= 0.3 is 0 Å². The molecule has 18 heavy (non-hydrogen) atoms. The third-order valence-corrected chi connectivity index (χ3v) is 2.96. The standard InChI is InChI=1S/C14H30N2O.ClH/c1-5-6-7-13(10-15)16-14(17)9-12(4)8-11(2)3;/h11-13H,5-10,15H2,1-4H3,(H,16,17);1H. The fraction of sp³-hybridized carbons (Fsp3) is 0.929. The second-order valence-electron chi connectivity index (χ2n) is 5.58. The van der Waals surface area contributed by atoms with Gasteiger partial charge in [-0.25, -0.2) is 0 Å². The van der Waals surface area contributed by atoms with Crippen molar-refractivity contribution < 1.29 is 4.79 Å². The second kappa shape index (κ2) is 11.8. The topological polar surface area (TPSA) is 55.1 Å². The highest BCUT2D eigenvalue weighted by atomic mass is 35.5. The van der Waals surface area contributed by atoms with Crippen LogP contribution in [0.1, 0.15) is 59.8 Å². The molecule has 0 saturated heterocycles. The number of nitrogens with two attached hydrogens (primary N) is 1. The molecule has 0 rings (SSSR count). The Kier molecular flexibility index (Phi) is 13.1. The molecule has 110 valence electrons. The third kappa shape index (κ3) is 10.8. The molecule has 0 aromatic carbocycles. The molecule has 0 bridgehead atoms. The first-order valence-electron chi connectivity index (χ1n) is 6.99. The van der Waals surface area contributed by atoms with Gasteiger partial charge in [0, 0.05) is 19.0 Å². The van der Waals surface area contributed by atoms with Gasteiger partial charge in [0.2, 0.25) is 5.91 Å². The van der Waals surface area contributed by atoms with E-state index in [4.69, 9.17) is 5.73 Å². The lowest BCUT2D eigenvalue weighted by Crippen LogP contribution is -2.40. The molecule has 0 aromatic heterocycles. The van der Waals surface area contributed by atoms with Crippen molar-refractivity contribution in [1.29, 1.82) is 0 Å². The highest BCUT2D eigenvalue weighted by molar-refractivity contribution is 5.85. The zero-order valence-electron chi connectivity index (χ0n) is 12.4. The van der Waals surface area contributed by atoms with Crippen molar-refractivity contribution in [2.45, 2.75) is 65.8 Å². The molecule has 2 atom stereocenters. The molecule has 4 heteroatoms. The molecule has 0 fully saturated rings. The van der Waals surface area contributed by atoms with Crippen LogP contribution in [0.15, 0.2) is 0 Å². The van der Waals surface area contributed by atoms with Gasteiger partial charge in [0.15, 0.2) is 0 Å². The molecule has 0 spiro atoms. The fourth-order valence-corrected chi connectivity index (χ4v) is 2.19. The summed E-state index contributed by atoms with van der Waals surface area (Å²) in [7, 11) is 0. The van der Waals surface area contributed by atoms with Crippen LogP contribution in [0.5, 0.6) is 0 Å². The molecule has 0 heterocycles. The van der Waals surface area contributed by atoms with E-state index in [1.165, 1.54) is 0 Å². The Hall–Kier alpha value is -0.280. The van der Waals surface area contributed by atoms with E-state index >= 15 is 0 Å². The lowest BCUT2D eigenvalue weighted by molar-refractivity contribution is -0.122. The Bertz CT molecular complexity index is 210. The van der Waals surface area contributed by atoms with Crippen LogP contribution in [0.4, 0.5) is 0 Å². The number of halogens is 1. The Morgan fingerprint density at radius 1 is 1.28 bits per heavy atom. The number of rotatable bonds is 9. The average molecular weight is 279 g/mol. The first kappa shape index (κ1) is 20.0. The molecule has 3 nitrogen and oxygen atoms in total. The summed E-state index contributed by atoms with van der Waals surface area (Å²) < 4.78 is 0. The second-order valence-corrected chi connectivity index (χ2v) is 5.58. The predicted octanol–water partition coefficient (Wildman–Crippen LogP) is 3.11. The quantitative estimate of drug-likeness (QED) is 0.681. The highest BCUT2D eigenvalue weighted by Crippen LogP contribution is 2.14. The van der Waals surface area contributed by atoms with Crippen LogP contribution < -0.4 is 11.1 Å². The van der Waals surface area contributed by atoms with E-state index in [0.29, 0.717) is 24.8 Å². The fourth-order valence-electron chi connectivity index (χ4n) is 2.19. The first-order valence-corrected chi connectivity index (χ1v) is 6.99. The minimum Gasteiger partial charge on any atom is -0.352 e. The van der Waals surface area contributed by atoms with Gasteiger partial charge in [-0.3, -0.25) is 4.79 Å². The molecule has 0 radical (unpaired) electrons. The monoisotopic (exact) mass is 278 g/mol. The average Bonchev–Trinajstić information content (AvgIpc) is 2.22. The van der Waals surface area contributed by atoms with Gasteiger partial charge in [-0.2, -0.15) is 0 Å². The maximum Gasteiger partial charge on any atom is 0.220 e. The summed E-state index contributed by atoms with van der Waals surface area (Å²) in [5.41, 5.74) is 5.66. The Morgan fingerprint density at radius 3 is 2.33 bits per heavy atom. The SMILES string of the molecule is CCCCC(CN)NC(=O)CC(C)CC(C)C.Cl. The molecule has 0 aromatic rings. The summed E-state index contributed by atoms with van der Waals surface area (Å²) in [6.07, 6.45) is 5.01.